The summed E-state index contributed by atoms with van der Waals surface area (Å²) >= 11 is 0. The molecule has 1 amide bonds. The van der Waals surface area contributed by atoms with Gasteiger partial charge in [0.15, 0.2) is 6.10 Å². The lowest BCUT2D eigenvalue weighted by Crippen LogP contribution is -2.36. The Morgan fingerprint density at radius 3 is 3.00 bits per heavy atom. The SMILES string of the molecule is CC[C@H](NC(=O)[C@@H]1OCCc2ccccc21)c1cnn(CC)c1. The van der Waals surface area contributed by atoms with Crippen molar-refractivity contribution in [1.82, 2.24) is 15.1 Å². The molecule has 0 fully saturated rings. The maximum absolute atomic E-state index is 12.7. The average Bonchev–Trinajstić information content (AvgIpc) is 3.08. The van der Waals surface area contributed by atoms with Crippen molar-refractivity contribution in [2.75, 3.05) is 6.61 Å². The molecule has 1 N–H and O–H groups in total. The first-order valence-corrected chi connectivity index (χ1v) is 8.25. The molecule has 2 atom stereocenters. The van der Waals surface area contributed by atoms with Crippen molar-refractivity contribution in [3.05, 3.63) is 53.3 Å². The number of fused-ring (bicyclic) bond motifs is 1. The molecule has 0 saturated heterocycles. The lowest BCUT2D eigenvalue weighted by Gasteiger charge is -2.27. The summed E-state index contributed by atoms with van der Waals surface area (Å²) in [4.78, 5) is 12.7. The van der Waals surface area contributed by atoms with Crippen molar-refractivity contribution >= 4 is 5.91 Å². The van der Waals surface area contributed by atoms with Crippen LogP contribution in [0, 0.1) is 0 Å². The Morgan fingerprint density at radius 2 is 2.26 bits per heavy atom. The number of nitrogens with zero attached hydrogens (tertiary/aromatic N) is 2. The van der Waals surface area contributed by atoms with Gasteiger partial charge in [-0.3, -0.25) is 9.48 Å². The zero-order valence-corrected chi connectivity index (χ0v) is 13.7. The maximum atomic E-state index is 12.7. The number of carbonyl (C=O) groups is 1. The molecule has 2 heterocycles. The van der Waals surface area contributed by atoms with Crippen molar-refractivity contribution in [1.29, 1.82) is 0 Å². The van der Waals surface area contributed by atoms with Crippen LogP contribution in [-0.4, -0.2) is 22.3 Å². The van der Waals surface area contributed by atoms with Crippen molar-refractivity contribution in [2.24, 2.45) is 0 Å². The van der Waals surface area contributed by atoms with E-state index >= 15 is 0 Å². The Hall–Kier alpha value is -2.14. The van der Waals surface area contributed by atoms with Crippen molar-refractivity contribution in [2.45, 2.75) is 45.4 Å². The van der Waals surface area contributed by atoms with Gasteiger partial charge in [0, 0.05) is 18.3 Å². The second kappa shape index (κ2) is 6.96. The molecule has 5 heteroatoms. The highest BCUT2D eigenvalue weighted by atomic mass is 16.5. The van der Waals surface area contributed by atoms with E-state index in [0.29, 0.717) is 6.61 Å². The first-order valence-electron chi connectivity index (χ1n) is 8.25. The molecular formula is C18H23N3O2. The second-order valence-corrected chi connectivity index (χ2v) is 5.80. The van der Waals surface area contributed by atoms with E-state index in [9.17, 15) is 4.79 Å². The van der Waals surface area contributed by atoms with Gasteiger partial charge in [0.05, 0.1) is 18.8 Å². The smallest absolute Gasteiger partial charge is 0.254 e. The zero-order valence-electron chi connectivity index (χ0n) is 13.7. The lowest BCUT2D eigenvalue weighted by atomic mass is 9.96. The minimum Gasteiger partial charge on any atom is -0.363 e. The van der Waals surface area contributed by atoms with Gasteiger partial charge in [-0.15, -0.1) is 0 Å². The minimum atomic E-state index is -0.518. The van der Waals surface area contributed by atoms with E-state index in [2.05, 4.69) is 23.4 Å². The number of aromatic nitrogens is 2. The van der Waals surface area contributed by atoms with Crippen LogP contribution in [-0.2, 0) is 22.5 Å². The number of ether oxygens (including phenoxy) is 1. The predicted molar refractivity (Wildman–Crippen MR) is 87.9 cm³/mol. The van der Waals surface area contributed by atoms with E-state index < -0.39 is 6.10 Å². The fourth-order valence-electron chi connectivity index (χ4n) is 3.01. The van der Waals surface area contributed by atoms with Gasteiger partial charge in [-0.2, -0.15) is 5.10 Å². The van der Waals surface area contributed by atoms with Gasteiger partial charge in [0.2, 0.25) is 0 Å². The fraction of sp³-hybridized carbons (Fsp3) is 0.444. The molecule has 1 aromatic heterocycles. The number of benzene rings is 1. The van der Waals surface area contributed by atoms with Crippen LogP contribution in [0.1, 0.15) is 49.1 Å². The summed E-state index contributed by atoms with van der Waals surface area (Å²) in [6.45, 7) is 5.51. The third-order valence-electron chi connectivity index (χ3n) is 4.34. The Morgan fingerprint density at radius 1 is 1.43 bits per heavy atom. The molecular weight excluding hydrogens is 290 g/mol. The van der Waals surface area contributed by atoms with E-state index in [1.54, 1.807) is 0 Å². The number of nitrogens with one attached hydrogen (secondary N) is 1. The molecule has 23 heavy (non-hydrogen) atoms. The molecule has 2 aromatic rings. The summed E-state index contributed by atoms with van der Waals surface area (Å²) in [5.41, 5.74) is 3.22. The van der Waals surface area contributed by atoms with Crippen molar-refractivity contribution < 1.29 is 9.53 Å². The van der Waals surface area contributed by atoms with Crippen LogP contribution in [0.15, 0.2) is 36.7 Å². The molecule has 3 rings (SSSR count). The van der Waals surface area contributed by atoms with E-state index in [-0.39, 0.29) is 11.9 Å². The topological polar surface area (TPSA) is 56.1 Å². The summed E-state index contributed by atoms with van der Waals surface area (Å²) in [5, 5.41) is 7.41. The first-order chi connectivity index (χ1) is 11.2. The normalized spacial score (nSPS) is 18.3. The highest BCUT2D eigenvalue weighted by molar-refractivity contribution is 5.83. The van der Waals surface area contributed by atoms with Crippen LogP contribution in [0.4, 0.5) is 0 Å². The number of hydrogen-bond acceptors (Lipinski definition) is 3. The molecule has 1 aliphatic rings. The number of aryl methyl sites for hydroxylation is 1. The second-order valence-electron chi connectivity index (χ2n) is 5.80. The number of hydrogen-bond donors (Lipinski definition) is 1. The number of carbonyl (C=O) groups excluding carboxylic acids is 1. The molecule has 0 radical (unpaired) electrons. The fourth-order valence-corrected chi connectivity index (χ4v) is 3.01. The average molecular weight is 313 g/mol. The van der Waals surface area contributed by atoms with Crippen LogP contribution < -0.4 is 5.32 Å². The van der Waals surface area contributed by atoms with Gasteiger partial charge < -0.3 is 10.1 Å². The maximum Gasteiger partial charge on any atom is 0.254 e. The zero-order chi connectivity index (χ0) is 16.2. The largest absolute Gasteiger partial charge is 0.363 e. The van der Waals surface area contributed by atoms with Crippen LogP contribution in [0.25, 0.3) is 0 Å². The molecule has 0 spiro atoms. The van der Waals surface area contributed by atoms with E-state index in [4.69, 9.17) is 4.74 Å². The van der Waals surface area contributed by atoms with Gasteiger partial charge in [0.25, 0.3) is 5.91 Å². The summed E-state index contributed by atoms with van der Waals surface area (Å²) in [5.74, 6) is -0.0757. The molecule has 0 unspecified atom stereocenters. The molecule has 0 bridgehead atoms. The summed E-state index contributed by atoms with van der Waals surface area (Å²) in [6, 6.07) is 7.97. The Labute approximate surface area is 136 Å². The molecule has 5 nitrogen and oxygen atoms in total. The van der Waals surface area contributed by atoms with E-state index in [0.717, 1.165) is 30.5 Å². The lowest BCUT2D eigenvalue weighted by molar-refractivity contribution is -0.135. The van der Waals surface area contributed by atoms with Crippen molar-refractivity contribution in [3.63, 3.8) is 0 Å². The van der Waals surface area contributed by atoms with E-state index in [1.165, 1.54) is 5.56 Å². The van der Waals surface area contributed by atoms with Gasteiger partial charge in [0.1, 0.15) is 0 Å². The van der Waals surface area contributed by atoms with Gasteiger partial charge in [-0.05, 0) is 30.9 Å². The molecule has 1 aliphatic heterocycles. The van der Waals surface area contributed by atoms with Crippen molar-refractivity contribution in [3.8, 4) is 0 Å². The quantitative estimate of drug-likeness (QED) is 0.923. The van der Waals surface area contributed by atoms with Crippen LogP contribution in [0.3, 0.4) is 0 Å². The summed E-state index contributed by atoms with van der Waals surface area (Å²) in [7, 11) is 0. The van der Waals surface area contributed by atoms with E-state index in [1.807, 2.05) is 42.2 Å². The monoisotopic (exact) mass is 313 g/mol. The Bertz CT molecular complexity index is 680. The molecule has 0 aliphatic carbocycles. The summed E-state index contributed by atoms with van der Waals surface area (Å²) in [6.07, 6.45) is 4.98. The van der Waals surface area contributed by atoms with Crippen LogP contribution in [0.5, 0.6) is 0 Å². The number of amides is 1. The van der Waals surface area contributed by atoms with Gasteiger partial charge in [-0.25, -0.2) is 0 Å². The molecule has 122 valence electrons. The number of rotatable bonds is 5. The summed E-state index contributed by atoms with van der Waals surface area (Å²) < 4.78 is 7.61. The molecule has 0 saturated carbocycles. The standard InChI is InChI=1S/C18H23N3O2/c1-3-16(14-11-19-21(4-2)12-14)20-18(22)17-15-8-6-5-7-13(15)9-10-23-17/h5-8,11-12,16-17H,3-4,9-10H2,1-2H3,(H,20,22)/t16-,17+/m0/s1. The highest BCUT2D eigenvalue weighted by Crippen LogP contribution is 2.28. The Balaban J connectivity index is 1.75. The predicted octanol–water partition coefficient (Wildman–Crippen LogP) is 2.78. The minimum absolute atomic E-state index is 0.0412. The first kappa shape index (κ1) is 15.7. The Kier molecular flexibility index (Phi) is 4.76. The van der Waals surface area contributed by atoms with Crippen LogP contribution in [0.2, 0.25) is 0 Å². The van der Waals surface area contributed by atoms with Crippen LogP contribution >= 0.6 is 0 Å². The molecule has 1 aromatic carbocycles. The third-order valence-corrected chi connectivity index (χ3v) is 4.34. The highest BCUT2D eigenvalue weighted by Gasteiger charge is 2.28. The van der Waals surface area contributed by atoms with Gasteiger partial charge in [-0.1, -0.05) is 31.2 Å². The third kappa shape index (κ3) is 3.29. The van der Waals surface area contributed by atoms with Gasteiger partial charge >= 0.3 is 0 Å².